The second-order valence-corrected chi connectivity index (χ2v) is 4.58. The SMILES string of the molecule is COc1ccccc1NC(=O)C1(/C(N)=N/O)CCC1. The van der Waals surface area contributed by atoms with Crippen LogP contribution < -0.4 is 15.8 Å². The van der Waals surface area contributed by atoms with Gasteiger partial charge in [0.15, 0.2) is 5.84 Å². The Morgan fingerprint density at radius 3 is 2.68 bits per heavy atom. The molecule has 1 aromatic rings. The van der Waals surface area contributed by atoms with Gasteiger partial charge >= 0.3 is 0 Å². The summed E-state index contributed by atoms with van der Waals surface area (Å²) in [6, 6.07) is 7.12. The fraction of sp³-hybridized carbons (Fsp3) is 0.385. The first-order chi connectivity index (χ1) is 9.14. The number of anilines is 1. The highest BCUT2D eigenvalue weighted by atomic mass is 16.5. The highest BCUT2D eigenvalue weighted by Crippen LogP contribution is 2.42. The molecule has 1 aliphatic carbocycles. The highest BCUT2D eigenvalue weighted by molar-refractivity contribution is 6.12. The third-order valence-corrected chi connectivity index (χ3v) is 3.59. The van der Waals surface area contributed by atoms with E-state index in [2.05, 4.69) is 10.5 Å². The number of nitrogens with two attached hydrogens (primary N) is 1. The lowest BCUT2D eigenvalue weighted by molar-refractivity contribution is -0.125. The Kier molecular flexibility index (Phi) is 3.59. The van der Waals surface area contributed by atoms with Crippen LogP contribution in [0.2, 0.25) is 0 Å². The number of nitrogens with one attached hydrogen (secondary N) is 1. The molecule has 4 N–H and O–H groups in total. The maximum atomic E-state index is 12.3. The Labute approximate surface area is 111 Å². The van der Waals surface area contributed by atoms with E-state index in [4.69, 9.17) is 15.7 Å². The summed E-state index contributed by atoms with van der Waals surface area (Å²) < 4.78 is 5.17. The van der Waals surface area contributed by atoms with E-state index in [-0.39, 0.29) is 11.7 Å². The van der Waals surface area contributed by atoms with Gasteiger partial charge < -0.3 is 21.0 Å². The largest absolute Gasteiger partial charge is 0.495 e. The monoisotopic (exact) mass is 263 g/mol. The summed E-state index contributed by atoms with van der Waals surface area (Å²) in [6.45, 7) is 0. The zero-order valence-electron chi connectivity index (χ0n) is 10.7. The Balaban J connectivity index is 2.21. The van der Waals surface area contributed by atoms with Gasteiger partial charge in [-0.15, -0.1) is 0 Å². The van der Waals surface area contributed by atoms with Crippen LogP contribution in [0.3, 0.4) is 0 Å². The van der Waals surface area contributed by atoms with E-state index >= 15 is 0 Å². The number of amidine groups is 1. The van der Waals surface area contributed by atoms with Crippen LogP contribution in [-0.2, 0) is 4.79 Å². The topological polar surface area (TPSA) is 96.9 Å². The molecule has 0 spiro atoms. The van der Waals surface area contributed by atoms with E-state index in [0.29, 0.717) is 24.3 Å². The molecule has 6 nitrogen and oxygen atoms in total. The van der Waals surface area contributed by atoms with Crippen LogP contribution in [0.15, 0.2) is 29.4 Å². The Bertz CT molecular complexity index is 510. The number of carbonyl (C=O) groups is 1. The summed E-state index contributed by atoms with van der Waals surface area (Å²) in [6.07, 6.45) is 2.06. The van der Waals surface area contributed by atoms with Gasteiger partial charge in [0.25, 0.3) is 0 Å². The van der Waals surface area contributed by atoms with E-state index in [9.17, 15) is 4.79 Å². The number of para-hydroxylation sites is 2. The first-order valence-electron chi connectivity index (χ1n) is 6.06. The molecule has 0 unspecified atom stereocenters. The number of ether oxygens (including phenoxy) is 1. The molecule has 1 amide bonds. The third kappa shape index (κ3) is 2.21. The average Bonchev–Trinajstić information content (AvgIpc) is 2.37. The minimum Gasteiger partial charge on any atom is -0.495 e. The van der Waals surface area contributed by atoms with E-state index in [1.165, 1.54) is 7.11 Å². The number of oxime groups is 1. The number of hydrogen-bond donors (Lipinski definition) is 3. The molecule has 2 rings (SSSR count). The fourth-order valence-electron chi connectivity index (χ4n) is 2.22. The highest BCUT2D eigenvalue weighted by Gasteiger charge is 2.48. The van der Waals surface area contributed by atoms with Crippen molar-refractivity contribution in [3.05, 3.63) is 24.3 Å². The smallest absolute Gasteiger partial charge is 0.238 e. The van der Waals surface area contributed by atoms with Crippen molar-refractivity contribution in [2.24, 2.45) is 16.3 Å². The standard InChI is InChI=1S/C13H17N3O3/c1-19-10-6-3-2-5-9(10)15-12(17)13(7-4-8-13)11(14)16-18/h2-3,5-6,18H,4,7-8H2,1H3,(H2,14,16)(H,15,17). The number of amides is 1. The minimum absolute atomic E-state index is 0.0360. The van der Waals surface area contributed by atoms with Gasteiger partial charge in [-0.3, -0.25) is 4.79 Å². The van der Waals surface area contributed by atoms with Crippen molar-refractivity contribution in [3.8, 4) is 5.75 Å². The fourth-order valence-corrected chi connectivity index (χ4v) is 2.22. The van der Waals surface area contributed by atoms with Crippen molar-refractivity contribution >= 4 is 17.4 Å². The van der Waals surface area contributed by atoms with Gasteiger partial charge in [-0.1, -0.05) is 23.7 Å². The van der Waals surface area contributed by atoms with Gasteiger partial charge in [-0.25, -0.2) is 0 Å². The van der Waals surface area contributed by atoms with Crippen LogP contribution >= 0.6 is 0 Å². The normalized spacial score (nSPS) is 17.4. The van der Waals surface area contributed by atoms with Crippen molar-refractivity contribution in [2.45, 2.75) is 19.3 Å². The molecule has 0 saturated heterocycles. The quantitative estimate of drug-likeness (QED) is 0.332. The van der Waals surface area contributed by atoms with Crippen LogP contribution in [0, 0.1) is 5.41 Å². The summed E-state index contributed by atoms with van der Waals surface area (Å²) in [5.41, 5.74) is 5.33. The lowest BCUT2D eigenvalue weighted by Gasteiger charge is -2.38. The average molecular weight is 263 g/mol. The zero-order chi connectivity index (χ0) is 13.9. The molecule has 0 bridgehead atoms. The summed E-state index contributed by atoms with van der Waals surface area (Å²) in [4.78, 5) is 12.3. The van der Waals surface area contributed by atoms with Crippen LogP contribution in [-0.4, -0.2) is 24.1 Å². The molecule has 0 heterocycles. The molecule has 102 valence electrons. The molecule has 0 radical (unpaired) electrons. The van der Waals surface area contributed by atoms with Crippen LogP contribution in [0.5, 0.6) is 5.75 Å². The van der Waals surface area contributed by atoms with Gasteiger partial charge in [-0.2, -0.15) is 0 Å². The third-order valence-electron chi connectivity index (χ3n) is 3.59. The molecule has 6 heteroatoms. The van der Waals surface area contributed by atoms with Crippen LogP contribution in [0.25, 0.3) is 0 Å². The van der Waals surface area contributed by atoms with E-state index < -0.39 is 5.41 Å². The maximum absolute atomic E-state index is 12.3. The second-order valence-electron chi connectivity index (χ2n) is 4.58. The molecule has 19 heavy (non-hydrogen) atoms. The molecule has 1 fully saturated rings. The summed E-state index contributed by atoms with van der Waals surface area (Å²) in [5, 5.41) is 14.6. The second kappa shape index (κ2) is 5.17. The van der Waals surface area contributed by atoms with E-state index in [0.717, 1.165) is 6.42 Å². The number of carbonyl (C=O) groups excluding carboxylic acids is 1. The summed E-state index contributed by atoms with van der Waals surface area (Å²) in [5.74, 6) is 0.273. The first-order valence-corrected chi connectivity index (χ1v) is 6.06. The molecule has 0 aromatic heterocycles. The number of methoxy groups -OCH3 is 1. The summed E-state index contributed by atoms with van der Waals surface area (Å²) >= 11 is 0. The molecule has 0 atom stereocenters. The van der Waals surface area contributed by atoms with Crippen molar-refractivity contribution in [3.63, 3.8) is 0 Å². The number of nitrogens with zero attached hydrogens (tertiary/aromatic N) is 1. The number of benzene rings is 1. The van der Waals surface area contributed by atoms with Gasteiger partial charge in [0.2, 0.25) is 5.91 Å². The van der Waals surface area contributed by atoms with Crippen molar-refractivity contribution in [1.82, 2.24) is 0 Å². The molecule has 1 aliphatic rings. The lowest BCUT2D eigenvalue weighted by Crippen LogP contribution is -2.51. The molecular weight excluding hydrogens is 246 g/mol. The molecule has 0 aliphatic heterocycles. The molecular formula is C13H17N3O3. The van der Waals surface area contributed by atoms with E-state index in [1.807, 2.05) is 6.07 Å². The predicted octanol–water partition coefficient (Wildman–Crippen LogP) is 1.55. The zero-order valence-corrected chi connectivity index (χ0v) is 10.7. The van der Waals surface area contributed by atoms with Gasteiger partial charge in [0.1, 0.15) is 11.2 Å². The number of hydrogen-bond acceptors (Lipinski definition) is 4. The van der Waals surface area contributed by atoms with Crippen molar-refractivity contribution in [2.75, 3.05) is 12.4 Å². The van der Waals surface area contributed by atoms with Crippen LogP contribution in [0.4, 0.5) is 5.69 Å². The summed E-state index contributed by atoms with van der Waals surface area (Å²) in [7, 11) is 1.54. The molecule has 1 aromatic carbocycles. The van der Waals surface area contributed by atoms with Gasteiger partial charge in [0.05, 0.1) is 12.8 Å². The molecule has 1 saturated carbocycles. The predicted molar refractivity (Wildman–Crippen MR) is 71.3 cm³/mol. The number of rotatable bonds is 4. The maximum Gasteiger partial charge on any atom is 0.238 e. The lowest BCUT2D eigenvalue weighted by atomic mass is 9.67. The first kappa shape index (κ1) is 13.2. The van der Waals surface area contributed by atoms with Crippen molar-refractivity contribution < 1.29 is 14.7 Å². The van der Waals surface area contributed by atoms with Crippen LogP contribution in [0.1, 0.15) is 19.3 Å². The van der Waals surface area contributed by atoms with Crippen molar-refractivity contribution in [1.29, 1.82) is 0 Å². The Morgan fingerprint density at radius 1 is 1.47 bits per heavy atom. The van der Waals surface area contributed by atoms with E-state index in [1.54, 1.807) is 18.2 Å². The van der Waals surface area contributed by atoms with Gasteiger partial charge in [-0.05, 0) is 25.0 Å². The van der Waals surface area contributed by atoms with Gasteiger partial charge in [0, 0.05) is 0 Å². The Hall–Kier alpha value is -2.24. The Morgan fingerprint density at radius 2 is 2.16 bits per heavy atom. The minimum atomic E-state index is -0.893.